The van der Waals surface area contributed by atoms with Crippen molar-refractivity contribution in [3.05, 3.63) is 34.9 Å². The van der Waals surface area contributed by atoms with Gasteiger partial charge in [-0.05, 0) is 11.6 Å². The molecule has 6 nitrogen and oxygen atoms in total. The molecule has 0 unspecified atom stereocenters. The Morgan fingerprint density at radius 1 is 1.04 bits per heavy atom. The molecular weight excluding hydrogens is 330 g/mol. The average Bonchev–Trinajstić information content (AvgIpc) is 2.56. The van der Waals surface area contributed by atoms with E-state index in [4.69, 9.17) is 11.6 Å². The van der Waals surface area contributed by atoms with Gasteiger partial charge in [-0.25, -0.2) is 0 Å². The van der Waals surface area contributed by atoms with Crippen LogP contribution in [0.5, 0.6) is 0 Å². The fraction of sp³-hybridized carbons (Fsp3) is 0.471. The smallest absolute Gasteiger partial charge is 0.242 e. The second-order valence-corrected chi connectivity index (χ2v) is 6.26. The summed E-state index contributed by atoms with van der Waals surface area (Å²) < 4.78 is 0. The van der Waals surface area contributed by atoms with E-state index in [1.807, 2.05) is 18.2 Å². The molecule has 130 valence electrons. The van der Waals surface area contributed by atoms with Gasteiger partial charge >= 0.3 is 0 Å². The Bertz CT molecular complexity index is 627. The maximum absolute atomic E-state index is 12.5. The van der Waals surface area contributed by atoms with Crippen molar-refractivity contribution in [3.63, 3.8) is 0 Å². The summed E-state index contributed by atoms with van der Waals surface area (Å²) in [5.41, 5.74) is 0.809. The van der Waals surface area contributed by atoms with Gasteiger partial charge in [0.2, 0.25) is 17.7 Å². The van der Waals surface area contributed by atoms with Gasteiger partial charge in [-0.15, -0.1) is 0 Å². The highest BCUT2D eigenvalue weighted by Gasteiger charge is 2.24. The van der Waals surface area contributed by atoms with Crippen LogP contribution >= 0.6 is 11.6 Å². The van der Waals surface area contributed by atoms with Crippen LogP contribution in [-0.2, 0) is 20.9 Å². The number of amides is 3. The second kappa shape index (κ2) is 8.15. The van der Waals surface area contributed by atoms with Crippen molar-refractivity contribution in [1.82, 2.24) is 14.7 Å². The molecule has 1 fully saturated rings. The lowest BCUT2D eigenvalue weighted by molar-refractivity contribution is -0.142. The maximum Gasteiger partial charge on any atom is 0.242 e. The topological polar surface area (TPSA) is 60.9 Å². The predicted molar refractivity (Wildman–Crippen MR) is 91.4 cm³/mol. The van der Waals surface area contributed by atoms with Crippen molar-refractivity contribution in [2.75, 3.05) is 32.7 Å². The molecule has 2 rings (SSSR count). The van der Waals surface area contributed by atoms with Gasteiger partial charge in [0.05, 0.1) is 0 Å². The summed E-state index contributed by atoms with van der Waals surface area (Å²) in [4.78, 5) is 40.6. The van der Waals surface area contributed by atoms with Crippen LogP contribution in [-0.4, -0.2) is 65.1 Å². The Morgan fingerprint density at radius 2 is 1.62 bits per heavy atom. The zero-order valence-corrected chi connectivity index (χ0v) is 14.8. The van der Waals surface area contributed by atoms with E-state index in [2.05, 4.69) is 0 Å². The third kappa shape index (κ3) is 4.71. The Hall–Kier alpha value is -2.08. The lowest BCUT2D eigenvalue weighted by Gasteiger charge is -2.35. The van der Waals surface area contributed by atoms with Gasteiger partial charge in [0, 0.05) is 51.6 Å². The molecule has 24 heavy (non-hydrogen) atoms. The van der Waals surface area contributed by atoms with Crippen molar-refractivity contribution in [2.45, 2.75) is 20.4 Å². The van der Waals surface area contributed by atoms with Gasteiger partial charge in [0.1, 0.15) is 6.54 Å². The van der Waals surface area contributed by atoms with Gasteiger partial charge in [0.25, 0.3) is 0 Å². The normalized spacial score (nSPS) is 14.5. The first-order valence-electron chi connectivity index (χ1n) is 7.90. The first-order valence-corrected chi connectivity index (χ1v) is 8.28. The van der Waals surface area contributed by atoms with Crippen LogP contribution in [0.15, 0.2) is 24.3 Å². The Kier molecular flexibility index (Phi) is 6.20. The second-order valence-electron chi connectivity index (χ2n) is 5.85. The first kappa shape index (κ1) is 18.3. The van der Waals surface area contributed by atoms with Crippen LogP contribution in [0.4, 0.5) is 0 Å². The molecule has 7 heteroatoms. The van der Waals surface area contributed by atoms with Crippen molar-refractivity contribution < 1.29 is 14.4 Å². The quantitative estimate of drug-likeness (QED) is 0.823. The third-order valence-corrected chi connectivity index (χ3v) is 4.54. The minimum atomic E-state index is -0.175. The molecule has 0 aliphatic carbocycles. The number of benzene rings is 1. The van der Waals surface area contributed by atoms with Crippen LogP contribution in [0.2, 0.25) is 5.02 Å². The molecule has 1 heterocycles. The van der Waals surface area contributed by atoms with Crippen molar-refractivity contribution >= 4 is 29.3 Å². The molecule has 0 N–H and O–H groups in total. The summed E-state index contributed by atoms with van der Waals surface area (Å²) in [5.74, 6) is -0.266. The van der Waals surface area contributed by atoms with Crippen LogP contribution in [0, 0.1) is 0 Å². The third-order valence-electron chi connectivity index (χ3n) is 4.17. The van der Waals surface area contributed by atoms with Gasteiger partial charge in [0.15, 0.2) is 0 Å². The highest BCUT2D eigenvalue weighted by atomic mass is 35.5. The molecule has 3 amide bonds. The van der Waals surface area contributed by atoms with Crippen LogP contribution < -0.4 is 0 Å². The summed E-state index contributed by atoms with van der Waals surface area (Å²) >= 11 is 6.13. The lowest BCUT2D eigenvalue weighted by atomic mass is 10.2. The summed E-state index contributed by atoms with van der Waals surface area (Å²) in [6.07, 6.45) is 0. The first-order chi connectivity index (χ1) is 11.4. The van der Waals surface area contributed by atoms with E-state index >= 15 is 0 Å². The molecule has 0 aromatic heterocycles. The maximum atomic E-state index is 12.5. The molecule has 0 saturated carbocycles. The van der Waals surface area contributed by atoms with E-state index in [1.54, 1.807) is 15.9 Å². The monoisotopic (exact) mass is 351 g/mol. The number of hydrogen-bond donors (Lipinski definition) is 0. The van der Waals surface area contributed by atoms with Gasteiger partial charge in [-0.2, -0.15) is 0 Å². The summed E-state index contributed by atoms with van der Waals surface area (Å²) in [5, 5.41) is 0.575. The minimum absolute atomic E-state index is 0.0145. The van der Waals surface area contributed by atoms with Crippen LogP contribution in [0.1, 0.15) is 19.4 Å². The number of halogens is 1. The predicted octanol–water partition coefficient (Wildman–Crippen LogP) is 1.38. The van der Waals surface area contributed by atoms with Gasteiger partial charge < -0.3 is 14.7 Å². The zero-order valence-electron chi connectivity index (χ0n) is 14.0. The Morgan fingerprint density at radius 3 is 2.17 bits per heavy atom. The number of nitrogens with zero attached hydrogens (tertiary/aromatic N) is 3. The van der Waals surface area contributed by atoms with E-state index in [0.29, 0.717) is 37.7 Å². The van der Waals surface area contributed by atoms with E-state index in [9.17, 15) is 14.4 Å². The SMILES string of the molecule is CC(=O)N1CCN(C(=O)CN(Cc2ccccc2Cl)C(C)=O)CC1. The molecule has 1 aliphatic rings. The number of carbonyl (C=O) groups excluding carboxylic acids is 3. The molecule has 0 radical (unpaired) electrons. The Balaban J connectivity index is 1.96. The number of rotatable bonds is 4. The van der Waals surface area contributed by atoms with E-state index in [1.165, 1.54) is 18.7 Å². The molecule has 0 bridgehead atoms. The number of carbonyl (C=O) groups is 3. The number of piperazine rings is 1. The minimum Gasteiger partial charge on any atom is -0.339 e. The molecule has 0 atom stereocenters. The van der Waals surface area contributed by atoms with Gasteiger partial charge in [-0.1, -0.05) is 29.8 Å². The fourth-order valence-electron chi connectivity index (χ4n) is 2.64. The average molecular weight is 352 g/mol. The fourth-order valence-corrected chi connectivity index (χ4v) is 2.84. The van der Waals surface area contributed by atoms with E-state index in [-0.39, 0.29) is 24.3 Å². The zero-order chi connectivity index (χ0) is 17.7. The molecule has 1 aromatic carbocycles. The number of hydrogen-bond acceptors (Lipinski definition) is 3. The molecule has 1 aromatic rings. The summed E-state index contributed by atoms with van der Waals surface area (Å²) in [7, 11) is 0. The van der Waals surface area contributed by atoms with Crippen LogP contribution in [0.25, 0.3) is 0 Å². The highest BCUT2D eigenvalue weighted by Crippen LogP contribution is 2.17. The van der Waals surface area contributed by atoms with E-state index in [0.717, 1.165) is 5.56 Å². The van der Waals surface area contributed by atoms with Crippen molar-refractivity contribution in [2.24, 2.45) is 0 Å². The van der Waals surface area contributed by atoms with Gasteiger partial charge in [-0.3, -0.25) is 14.4 Å². The molecule has 1 aliphatic heterocycles. The molecular formula is C17H22ClN3O3. The standard InChI is InChI=1S/C17H22ClN3O3/c1-13(22)19-7-9-20(10-8-19)17(24)12-21(14(2)23)11-15-5-3-4-6-16(15)18/h3-6H,7-12H2,1-2H3. The highest BCUT2D eigenvalue weighted by molar-refractivity contribution is 6.31. The van der Waals surface area contributed by atoms with Crippen LogP contribution in [0.3, 0.4) is 0 Å². The Labute approximate surface area is 147 Å². The van der Waals surface area contributed by atoms with Crippen molar-refractivity contribution in [1.29, 1.82) is 0 Å². The summed E-state index contributed by atoms with van der Waals surface area (Å²) in [6, 6.07) is 7.28. The van der Waals surface area contributed by atoms with E-state index < -0.39 is 0 Å². The largest absolute Gasteiger partial charge is 0.339 e. The molecule has 0 spiro atoms. The van der Waals surface area contributed by atoms with Crippen molar-refractivity contribution in [3.8, 4) is 0 Å². The summed E-state index contributed by atoms with van der Waals surface area (Å²) in [6.45, 7) is 5.34. The molecule has 1 saturated heterocycles. The lowest BCUT2D eigenvalue weighted by Crippen LogP contribution is -2.52.